The van der Waals surface area contributed by atoms with Gasteiger partial charge in [0, 0.05) is 0 Å². The lowest BCUT2D eigenvalue weighted by Gasteiger charge is -2.03. The molecule has 0 saturated heterocycles. The van der Waals surface area contributed by atoms with Gasteiger partial charge >= 0.3 is 0 Å². The van der Waals surface area contributed by atoms with E-state index in [0.29, 0.717) is 11.3 Å². The maximum Gasteiger partial charge on any atom is 0.178 e. The maximum absolute atomic E-state index is 11.5. The van der Waals surface area contributed by atoms with E-state index in [9.17, 15) is 13.5 Å². The molecule has 14 heavy (non-hydrogen) atoms. The lowest BCUT2D eigenvalue weighted by molar-refractivity contribution is 0.197. The molecule has 0 heterocycles. The summed E-state index contributed by atoms with van der Waals surface area (Å²) in [5.41, 5.74) is 0.787. The molecule has 0 aliphatic rings. The number of hydrogen-bond acceptors (Lipinski definition) is 2. The van der Waals surface area contributed by atoms with Gasteiger partial charge in [0.25, 0.3) is 0 Å². The number of sulfone groups is 1. The maximum atomic E-state index is 11.5. The third-order valence-corrected chi connectivity index (χ3v) is 3.76. The quantitative estimate of drug-likeness (QED) is 0.760. The molecule has 77 valence electrons. The van der Waals surface area contributed by atoms with E-state index >= 15 is 0 Å². The van der Waals surface area contributed by atoms with Crippen molar-refractivity contribution in [2.24, 2.45) is 0 Å². The summed E-state index contributed by atoms with van der Waals surface area (Å²) >= 11 is 0. The molecule has 1 aromatic carbocycles. The van der Waals surface area contributed by atoms with Gasteiger partial charge in [0.1, 0.15) is 0 Å². The van der Waals surface area contributed by atoms with Gasteiger partial charge in [-0.2, -0.15) is 0 Å². The highest BCUT2D eigenvalue weighted by Crippen LogP contribution is 2.13. The minimum atomic E-state index is -3.14. The fourth-order valence-electron chi connectivity index (χ4n) is 1.18. The van der Waals surface area contributed by atoms with Gasteiger partial charge in [0.05, 0.1) is 17.3 Å². The zero-order chi connectivity index (χ0) is 10.6. The Kier molecular flexibility index (Phi) is 3.66. The summed E-state index contributed by atoms with van der Waals surface area (Å²) in [5.74, 6) is 0.0911. The molecule has 4 heteroatoms. The monoisotopic (exact) mass is 213 g/mol. The van der Waals surface area contributed by atoms with Gasteiger partial charge in [-0.15, -0.1) is 0 Å². The Bertz CT molecular complexity index is 396. The van der Waals surface area contributed by atoms with Crippen molar-refractivity contribution < 1.29 is 13.5 Å². The van der Waals surface area contributed by atoms with Crippen LogP contribution in [-0.2, 0) is 21.4 Å². The predicted octanol–water partition coefficient (Wildman–Crippen LogP) is 1.45. The molecule has 0 fully saturated rings. The van der Waals surface area contributed by atoms with Crippen LogP contribution in [0.2, 0.25) is 0 Å². The first-order valence-corrected chi connectivity index (χ1v) is 6.15. The van der Waals surface area contributed by atoms with Gasteiger partial charge < -0.3 is 0 Å². The molecule has 0 bridgehead atoms. The smallest absolute Gasteiger partial charge is 0.178 e. The van der Waals surface area contributed by atoms with Crippen molar-refractivity contribution in [3.63, 3.8) is 0 Å². The first-order valence-electron chi connectivity index (χ1n) is 4.50. The van der Waals surface area contributed by atoms with Gasteiger partial charge in [-0.1, -0.05) is 19.1 Å². The molecule has 0 aliphatic carbocycles. The Morgan fingerprint density at radius 1 is 1.29 bits per heavy atom. The number of rotatable bonds is 4. The van der Waals surface area contributed by atoms with Crippen LogP contribution in [0.3, 0.4) is 0 Å². The highest BCUT2D eigenvalue weighted by molar-refractivity contribution is 7.91. The molecule has 0 unspecified atom stereocenters. The Balaban J connectivity index is 3.06. The summed E-state index contributed by atoms with van der Waals surface area (Å²) in [6.07, 6.45) is 0.382. The van der Waals surface area contributed by atoms with Crippen LogP contribution < -0.4 is 0 Å². The summed E-state index contributed by atoms with van der Waals surface area (Å²) in [7, 11) is -3.14. The van der Waals surface area contributed by atoms with Crippen molar-refractivity contribution >= 4 is 9.84 Å². The second kappa shape index (κ2) is 4.57. The van der Waals surface area contributed by atoms with E-state index in [1.165, 1.54) is 0 Å². The Hall–Kier alpha value is -0.870. The van der Waals surface area contributed by atoms with Crippen LogP contribution in [0, 0.1) is 0 Å². The van der Waals surface area contributed by atoms with Crippen LogP contribution in [0.4, 0.5) is 0 Å². The SMILES string of the molecule is CCS(=O)(=O)c1cccc(CC[O])c1. The van der Waals surface area contributed by atoms with Crippen LogP contribution in [0.25, 0.3) is 0 Å². The normalized spacial score (nSPS) is 11.6. The van der Waals surface area contributed by atoms with Crippen LogP contribution in [-0.4, -0.2) is 20.8 Å². The van der Waals surface area contributed by atoms with E-state index in [2.05, 4.69) is 0 Å². The molecule has 1 aromatic rings. The zero-order valence-corrected chi connectivity index (χ0v) is 8.88. The summed E-state index contributed by atoms with van der Waals surface area (Å²) < 4.78 is 23.0. The standard InChI is InChI=1S/C10H13O3S/c1-2-14(12,13)10-5-3-4-9(8-10)6-7-11/h3-5,8H,2,6-7H2,1H3. The van der Waals surface area contributed by atoms with Gasteiger partial charge in [-0.3, -0.25) is 0 Å². The van der Waals surface area contributed by atoms with Crippen LogP contribution in [0.5, 0.6) is 0 Å². The fourth-order valence-corrected chi connectivity index (χ4v) is 2.13. The van der Waals surface area contributed by atoms with E-state index < -0.39 is 9.84 Å². The molecule has 0 spiro atoms. The van der Waals surface area contributed by atoms with E-state index in [0.717, 1.165) is 5.56 Å². The first kappa shape index (κ1) is 11.2. The summed E-state index contributed by atoms with van der Waals surface area (Å²) in [6.45, 7) is 1.39. The highest BCUT2D eigenvalue weighted by Gasteiger charge is 2.11. The average molecular weight is 213 g/mol. The Morgan fingerprint density at radius 2 is 2.00 bits per heavy atom. The first-order chi connectivity index (χ1) is 6.60. The van der Waals surface area contributed by atoms with E-state index in [1.54, 1.807) is 31.2 Å². The molecule has 0 N–H and O–H groups in total. The third-order valence-electron chi connectivity index (χ3n) is 2.03. The zero-order valence-electron chi connectivity index (χ0n) is 8.06. The van der Waals surface area contributed by atoms with Crippen molar-refractivity contribution in [2.45, 2.75) is 18.2 Å². The van der Waals surface area contributed by atoms with Crippen LogP contribution >= 0.6 is 0 Å². The third kappa shape index (κ3) is 2.56. The minimum absolute atomic E-state index is 0.0911. The van der Waals surface area contributed by atoms with Gasteiger partial charge in [-0.25, -0.2) is 13.5 Å². The average Bonchev–Trinajstić information content (AvgIpc) is 2.19. The number of benzene rings is 1. The van der Waals surface area contributed by atoms with Gasteiger partial charge in [0.15, 0.2) is 9.84 Å². The summed E-state index contributed by atoms with van der Waals surface area (Å²) in [5, 5.41) is 10.4. The topological polar surface area (TPSA) is 54.0 Å². The van der Waals surface area contributed by atoms with E-state index in [-0.39, 0.29) is 12.4 Å². The molecular formula is C10H13O3S. The van der Waals surface area contributed by atoms with Gasteiger partial charge in [0.2, 0.25) is 0 Å². The predicted molar refractivity (Wildman–Crippen MR) is 53.4 cm³/mol. The Morgan fingerprint density at radius 3 is 2.57 bits per heavy atom. The van der Waals surface area contributed by atoms with Gasteiger partial charge in [-0.05, 0) is 24.1 Å². The van der Waals surface area contributed by atoms with Crippen molar-refractivity contribution in [3.8, 4) is 0 Å². The molecule has 0 atom stereocenters. The number of hydrogen-bond donors (Lipinski definition) is 0. The van der Waals surface area contributed by atoms with E-state index in [1.807, 2.05) is 0 Å². The highest BCUT2D eigenvalue weighted by atomic mass is 32.2. The molecule has 0 aromatic heterocycles. The second-order valence-corrected chi connectivity index (χ2v) is 5.28. The van der Waals surface area contributed by atoms with E-state index in [4.69, 9.17) is 0 Å². The van der Waals surface area contributed by atoms with Crippen molar-refractivity contribution in [2.75, 3.05) is 12.4 Å². The van der Waals surface area contributed by atoms with Crippen LogP contribution in [0.1, 0.15) is 12.5 Å². The molecule has 0 aliphatic heterocycles. The summed E-state index contributed by atoms with van der Waals surface area (Å²) in [6, 6.07) is 6.59. The van der Waals surface area contributed by atoms with Crippen LogP contribution in [0.15, 0.2) is 29.2 Å². The molecule has 0 amide bonds. The molecule has 0 saturated carbocycles. The molecule has 3 nitrogen and oxygen atoms in total. The van der Waals surface area contributed by atoms with Crippen molar-refractivity contribution in [1.82, 2.24) is 0 Å². The Labute approximate surface area is 84.3 Å². The molecular weight excluding hydrogens is 200 g/mol. The largest absolute Gasteiger partial charge is 0.236 e. The second-order valence-electron chi connectivity index (χ2n) is 3.00. The molecule has 1 rings (SSSR count). The minimum Gasteiger partial charge on any atom is -0.236 e. The van der Waals surface area contributed by atoms with Crippen molar-refractivity contribution in [3.05, 3.63) is 29.8 Å². The molecule has 1 radical (unpaired) electrons. The lowest BCUT2D eigenvalue weighted by Crippen LogP contribution is -2.04. The lowest BCUT2D eigenvalue weighted by atomic mass is 10.2. The van der Waals surface area contributed by atoms with Crippen molar-refractivity contribution in [1.29, 1.82) is 0 Å². The fraction of sp³-hybridized carbons (Fsp3) is 0.400. The summed E-state index contributed by atoms with van der Waals surface area (Å²) in [4.78, 5) is 0.311.